The maximum Gasteiger partial charge on any atom is 0.0623 e. The molecule has 0 saturated carbocycles. The van der Waals surface area contributed by atoms with E-state index < -0.39 is 0 Å². The van der Waals surface area contributed by atoms with Crippen LogP contribution in [0.1, 0.15) is 24.8 Å². The number of thiophene rings is 1. The summed E-state index contributed by atoms with van der Waals surface area (Å²) in [7, 11) is 0. The van der Waals surface area contributed by atoms with Crippen LogP contribution < -0.4 is 0 Å². The molecule has 2 nitrogen and oxygen atoms in total. The lowest BCUT2D eigenvalue weighted by Crippen LogP contribution is -2.42. The van der Waals surface area contributed by atoms with Crippen molar-refractivity contribution in [1.29, 1.82) is 0 Å². The number of hydrogen-bond acceptors (Lipinski definition) is 3. The second-order valence-electron chi connectivity index (χ2n) is 6.06. The van der Waals surface area contributed by atoms with Crippen molar-refractivity contribution in [3.63, 3.8) is 0 Å². The predicted octanol–water partition coefficient (Wildman–Crippen LogP) is 3.57. The van der Waals surface area contributed by atoms with Gasteiger partial charge in [0.2, 0.25) is 0 Å². The largest absolute Gasteiger partial charge is 0.287 e. The lowest BCUT2D eigenvalue weighted by atomic mass is 10.1. The summed E-state index contributed by atoms with van der Waals surface area (Å²) in [5.41, 5.74) is 1.54. The van der Waals surface area contributed by atoms with Crippen LogP contribution in [0.15, 0.2) is 29.6 Å². The van der Waals surface area contributed by atoms with Gasteiger partial charge < -0.3 is 0 Å². The summed E-state index contributed by atoms with van der Waals surface area (Å²) in [5, 5.41) is 3.83. The molecule has 4 rings (SSSR count). The van der Waals surface area contributed by atoms with Gasteiger partial charge in [0.15, 0.2) is 0 Å². The third-order valence-corrected chi connectivity index (χ3v) is 5.92. The summed E-state index contributed by atoms with van der Waals surface area (Å²) >= 11 is 1.89. The monoisotopic (exact) mass is 286 g/mol. The number of nitrogens with zero attached hydrogens (tertiary/aromatic N) is 2. The molecule has 106 valence electrons. The van der Waals surface area contributed by atoms with Gasteiger partial charge in [-0.2, -0.15) is 0 Å². The molecule has 3 heteroatoms. The van der Waals surface area contributed by atoms with E-state index in [9.17, 15) is 0 Å². The van der Waals surface area contributed by atoms with Gasteiger partial charge in [0.25, 0.3) is 0 Å². The normalized spacial score (nSPS) is 24.3. The number of rotatable bonds is 3. The zero-order valence-corrected chi connectivity index (χ0v) is 12.7. The van der Waals surface area contributed by atoms with E-state index in [-0.39, 0.29) is 0 Å². The molecular weight excluding hydrogens is 264 g/mol. The fraction of sp³-hybridized carbons (Fsp3) is 0.529. The van der Waals surface area contributed by atoms with Gasteiger partial charge in [0.1, 0.15) is 0 Å². The summed E-state index contributed by atoms with van der Waals surface area (Å²) < 4.78 is 1.43. The van der Waals surface area contributed by atoms with Crippen LogP contribution >= 0.6 is 11.3 Å². The summed E-state index contributed by atoms with van der Waals surface area (Å²) in [5.74, 6) is 0. The summed E-state index contributed by atoms with van der Waals surface area (Å²) in [6.45, 7) is 5.10. The summed E-state index contributed by atoms with van der Waals surface area (Å²) in [6, 6.07) is 8.82. The molecule has 1 aromatic heterocycles. The molecule has 20 heavy (non-hydrogen) atoms. The van der Waals surface area contributed by atoms with Crippen molar-refractivity contribution in [2.45, 2.75) is 31.8 Å². The molecule has 0 spiro atoms. The Bertz CT molecular complexity index is 591. The minimum Gasteiger partial charge on any atom is -0.287 e. The van der Waals surface area contributed by atoms with Crippen LogP contribution in [0.2, 0.25) is 0 Å². The Kier molecular flexibility index (Phi) is 3.51. The predicted molar refractivity (Wildman–Crippen MR) is 86.3 cm³/mol. The molecule has 2 aliphatic rings. The topological polar surface area (TPSA) is 6.48 Å². The highest BCUT2D eigenvalue weighted by Gasteiger charge is 2.32. The van der Waals surface area contributed by atoms with E-state index >= 15 is 0 Å². The van der Waals surface area contributed by atoms with Gasteiger partial charge in [-0.15, -0.1) is 11.3 Å². The zero-order valence-electron chi connectivity index (χ0n) is 11.9. The van der Waals surface area contributed by atoms with Crippen molar-refractivity contribution in [2.75, 3.05) is 26.2 Å². The van der Waals surface area contributed by atoms with Crippen molar-refractivity contribution in [2.24, 2.45) is 0 Å². The third-order valence-electron chi connectivity index (χ3n) is 4.90. The van der Waals surface area contributed by atoms with Crippen LogP contribution in [-0.2, 0) is 6.42 Å². The van der Waals surface area contributed by atoms with E-state index in [2.05, 4.69) is 39.4 Å². The lowest BCUT2D eigenvalue weighted by Gasteiger charge is -2.33. The van der Waals surface area contributed by atoms with E-state index in [1.807, 2.05) is 11.3 Å². The third kappa shape index (κ3) is 2.28. The maximum atomic E-state index is 2.71. The van der Waals surface area contributed by atoms with Gasteiger partial charge in [0.05, 0.1) is 6.17 Å². The molecule has 0 bridgehead atoms. The fourth-order valence-electron chi connectivity index (χ4n) is 3.80. The quantitative estimate of drug-likeness (QED) is 0.851. The van der Waals surface area contributed by atoms with Crippen LogP contribution in [0.4, 0.5) is 0 Å². The molecule has 2 fully saturated rings. The number of fused-ring (bicyclic) bond motifs is 2. The number of hydrogen-bond donors (Lipinski definition) is 0. The van der Waals surface area contributed by atoms with E-state index in [1.165, 1.54) is 61.9 Å². The SMILES string of the molecule is c1ccc2c(CCN3CCN4CCCCC43)csc2c1. The molecule has 0 N–H and O–H groups in total. The Balaban J connectivity index is 1.45. The van der Waals surface area contributed by atoms with Crippen LogP contribution in [0, 0.1) is 0 Å². The van der Waals surface area contributed by atoms with Gasteiger partial charge in [-0.1, -0.05) is 18.2 Å². The van der Waals surface area contributed by atoms with E-state index in [0.29, 0.717) is 0 Å². The standard InChI is InChI=1S/C17H22N2S/c1-2-6-16-15(5-1)14(13-20-16)8-10-19-12-11-18-9-4-3-7-17(18)19/h1-2,5-6,13,17H,3-4,7-12H2. The molecule has 0 radical (unpaired) electrons. The first-order valence-electron chi connectivity index (χ1n) is 7.85. The smallest absolute Gasteiger partial charge is 0.0623 e. The molecule has 1 unspecified atom stereocenters. The van der Waals surface area contributed by atoms with Crippen LogP contribution in [-0.4, -0.2) is 42.1 Å². The number of piperidine rings is 1. The van der Waals surface area contributed by atoms with Crippen LogP contribution in [0.3, 0.4) is 0 Å². The first-order chi connectivity index (χ1) is 9.92. The molecule has 0 amide bonds. The average molecular weight is 286 g/mol. The Labute approximate surface area is 125 Å². The van der Waals surface area contributed by atoms with Gasteiger partial charge in [-0.25, -0.2) is 0 Å². The molecule has 1 atom stereocenters. The summed E-state index contributed by atoms with van der Waals surface area (Å²) in [4.78, 5) is 5.40. The number of benzene rings is 1. The van der Waals surface area contributed by atoms with Crippen molar-refractivity contribution in [3.05, 3.63) is 35.2 Å². The molecular formula is C17H22N2S. The van der Waals surface area contributed by atoms with Crippen LogP contribution in [0.5, 0.6) is 0 Å². The van der Waals surface area contributed by atoms with E-state index in [4.69, 9.17) is 0 Å². The van der Waals surface area contributed by atoms with Crippen molar-refractivity contribution in [3.8, 4) is 0 Å². The molecule has 0 aliphatic carbocycles. The first kappa shape index (κ1) is 12.8. The Morgan fingerprint density at radius 1 is 1.10 bits per heavy atom. The van der Waals surface area contributed by atoms with Crippen molar-refractivity contribution >= 4 is 21.4 Å². The second-order valence-corrected chi connectivity index (χ2v) is 6.97. The van der Waals surface area contributed by atoms with E-state index in [1.54, 1.807) is 5.56 Å². The molecule has 2 aliphatic heterocycles. The van der Waals surface area contributed by atoms with Gasteiger partial charge in [0, 0.05) is 24.3 Å². The Hall–Kier alpha value is -0.900. The molecule has 2 saturated heterocycles. The first-order valence-corrected chi connectivity index (χ1v) is 8.73. The maximum absolute atomic E-state index is 2.71. The zero-order chi connectivity index (χ0) is 13.4. The highest BCUT2D eigenvalue weighted by Crippen LogP contribution is 2.28. The Morgan fingerprint density at radius 3 is 3.05 bits per heavy atom. The summed E-state index contributed by atoms with van der Waals surface area (Å²) in [6.07, 6.45) is 6.14. The minimum atomic E-state index is 0.744. The van der Waals surface area contributed by atoms with Crippen molar-refractivity contribution in [1.82, 2.24) is 9.80 Å². The minimum absolute atomic E-state index is 0.744. The van der Waals surface area contributed by atoms with Gasteiger partial charge in [-0.05, 0) is 54.6 Å². The van der Waals surface area contributed by atoms with Gasteiger partial charge >= 0.3 is 0 Å². The highest BCUT2D eigenvalue weighted by atomic mass is 32.1. The molecule has 2 aromatic rings. The van der Waals surface area contributed by atoms with E-state index in [0.717, 1.165) is 6.17 Å². The van der Waals surface area contributed by atoms with Crippen molar-refractivity contribution < 1.29 is 0 Å². The average Bonchev–Trinajstić information content (AvgIpc) is 3.09. The van der Waals surface area contributed by atoms with Crippen LogP contribution in [0.25, 0.3) is 10.1 Å². The highest BCUT2D eigenvalue weighted by molar-refractivity contribution is 7.17. The molecule has 3 heterocycles. The molecule has 1 aromatic carbocycles. The van der Waals surface area contributed by atoms with Gasteiger partial charge in [-0.3, -0.25) is 9.80 Å². The Morgan fingerprint density at radius 2 is 2.05 bits per heavy atom. The fourth-order valence-corrected chi connectivity index (χ4v) is 4.80. The second kappa shape index (κ2) is 5.47. The lowest BCUT2D eigenvalue weighted by molar-refractivity contribution is 0.0989.